The summed E-state index contributed by atoms with van der Waals surface area (Å²) in [5, 5.41) is 6.16. The van der Waals surface area contributed by atoms with E-state index in [0.29, 0.717) is 61.7 Å². The SMILES string of the molecule is CCO[C@@H]1CN(c2nc(-c3cccc(C)c3OCc3cc(OC)c4c(c3F)CCNC4)cs2)CC[C@@H]1C(=O)OC(C)(C)C. The molecule has 1 fully saturated rings. The number of aromatic nitrogens is 1. The van der Waals surface area contributed by atoms with E-state index in [2.05, 4.69) is 10.2 Å². The molecule has 2 aliphatic rings. The zero-order valence-electron chi connectivity index (χ0n) is 25.9. The van der Waals surface area contributed by atoms with Crippen LogP contribution in [-0.2, 0) is 33.8 Å². The van der Waals surface area contributed by atoms with Crippen LogP contribution in [0.4, 0.5) is 9.52 Å². The van der Waals surface area contributed by atoms with Gasteiger partial charge in [-0.1, -0.05) is 12.1 Å². The van der Waals surface area contributed by atoms with Gasteiger partial charge in [-0.15, -0.1) is 11.3 Å². The maximum absolute atomic E-state index is 15.5. The van der Waals surface area contributed by atoms with Gasteiger partial charge in [-0.2, -0.15) is 0 Å². The van der Waals surface area contributed by atoms with Crippen molar-refractivity contribution in [1.29, 1.82) is 0 Å². The number of rotatable bonds is 9. The van der Waals surface area contributed by atoms with Crippen molar-refractivity contribution in [2.24, 2.45) is 5.92 Å². The molecular weight excluding hydrogens is 569 g/mol. The first-order chi connectivity index (χ1) is 20.6. The van der Waals surface area contributed by atoms with Crippen LogP contribution < -0.4 is 19.7 Å². The molecule has 232 valence electrons. The normalized spacial score (nSPS) is 18.7. The van der Waals surface area contributed by atoms with Crippen LogP contribution in [0.2, 0.25) is 0 Å². The summed E-state index contributed by atoms with van der Waals surface area (Å²) < 4.78 is 39.2. The fraction of sp³-hybridized carbons (Fsp3) is 0.515. The van der Waals surface area contributed by atoms with Crippen LogP contribution in [0, 0.1) is 18.7 Å². The van der Waals surface area contributed by atoms with E-state index in [9.17, 15) is 4.79 Å². The van der Waals surface area contributed by atoms with E-state index >= 15 is 4.39 Å². The van der Waals surface area contributed by atoms with Gasteiger partial charge in [0.25, 0.3) is 0 Å². The van der Waals surface area contributed by atoms with Crippen LogP contribution in [0.1, 0.15) is 56.4 Å². The van der Waals surface area contributed by atoms with Crippen molar-refractivity contribution in [1.82, 2.24) is 10.3 Å². The fourth-order valence-corrected chi connectivity index (χ4v) is 6.66. The molecule has 0 radical (unpaired) electrons. The molecule has 0 spiro atoms. The van der Waals surface area contributed by atoms with Gasteiger partial charge in [0.1, 0.15) is 29.5 Å². The molecule has 3 heterocycles. The summed E-state index contributed by atoms with van der Waals surface area (Å²) in [6.45, 7) is 12.7. The standard InChI is InChI=1S/C33H42FN3O5S/c1-7-40-28-17-37(14-12-24(28)31(38)42-33(3,4)5)32-36-26(19-43-32)23-10-8-9-20(2)30(23)41-18-21-15-27(39-6)25-16-35-13-11-22(25)29(21)34/h8-10,15,19,24,28,35H,7,11-14,16-18H2,1-6H3/t24-,28+/m0/s1. The van der Waals surface area contributed by atoms with Gasteiger partial charge in [0.05, 0.1) is 24.8 Å². The maximum atomic E-state index is 15.5. The first kappa shape index (κ1) is 31.2. The van der Waals surface area contributed by atoms with Crippen LogP contribution in [0.25, 0.3) is 11.3 Å². The van der Waals surface area contributed by atoms with Crippen molar-refractivity contribution in [2.75, 3.05) is 38.3 Å². The third-order valence-corrected chi connectivity index (χ3v) is 8.76. The molecule has 5 rings (SSSR count). The van der Waals surface area contributed by atoms with Crippen LogP contribution in [0.5, 0.6) is 11.5 Å². The predicted octanol–water partition coefficient (Wildman–Crippen LogP) is 6.06. The van der Waals surface area contributed by atoms with Gasteiger partial charge in [-0.25, -0.2) is 9.37 Å². The van der Waals surface area contributed by atoms with E-state index in [-0.39, 0.29) is 30.4 Å². The number of benzene rings is 2. The molecule has 3 aromatic rings. The van der Waals surface area contributed by atoms with Crippen LogP contribution in [0.3, 0.4) is 0 Å². The van der Waals surface area contributed by atoms with Crippen LogP contribution >= 0.6 is 11.3 Å². The Hall–Kier alpha value is -3.21. The first-order valence-electron chi connectivity index (χ1n) is 14.9. The third kappa shape index (κ3) is 6.97. The second-order valence-corrected chi connectivity index (χ2v) is 12.9. The Morgan fingerprint density at radius 2 is 2.07 bits per heavy atom. The first-order valence-corrected chi connectivity index (χ1v) is 15.8. The predicted molar refractivity (Wildman–Crippen MR) is 167 cm³/mol. The summed E-state index contributed by atoms with van der Waals surface area (Å²) >= 11 is 1.55. The molecule has 2 aliphatic heterocycles. The lowest BCUT2D eigenvalue weighted by Gasteiger charge is -2.38. The van der Waals surface area contributed by atoms with Crippen molar-refractivity contribution in [3.8, 4) is 22.8 Å². The van der Waals surface area contributed by atoms with E-state index in [1.54, 1.807) is 24.5 Å². The van der Waals surface area contributed by atoms with Gasteiger partial charge < -0.3 is 29.2 Å². The Labute approximate surface area is 257 Å². The summed E-state index contributed by atoms with van der Waals surface area (Å²) in [6.07, 6.45) is 0.957. The summed E-state index contributed by atoms with van der Waals surface area (Å²) in [5.41, 5.74) is 4.09. The van der Waals surface area contributed by atoms with Gasteiger partial charge in [-0.3, -0.25) is 4.79 Å². The highest BCUT2D eigenvalue weighted by molar-refractivity contribution is 7.14. The van der Waals surface area contributed by atoms with Gasteiger partial charge >= 0.3 is 5.97 Å². The van der Waals surface area contributed by atoms with Crippen LogP contribution in [0.15, 0.2) is 29.6 Å². The number of aryl methyl sites for hydroxylation is 1. The summed E-state index contributed by atoms with van der Waals surface area (Å²) in [7, 11) is 1.61. The van der Waals surface area contributed by atoms with Crippen molar-refractivity contribution in [3.63, 3.8) is 0 Å². The lowest BCUT2D eigenvalue weighted by Crippen LogP contribution is -2.49. The number of carbonyl (C=O) groups is 1. The number of nitrogens with one attached hydrogen (secondary N) is 1. The smallest absolute Gasteiger partial charge is 0.312 e. The van der Waals surface area contributed by atoms with Crippen LogP contribution in [-0.4, -0.2) is 56.0 Å². The van der Waals surface area contributed by atoms with Crippen molar-refractivity contribution < 1.29 is 28.1 Å². The number of thiazole rings is 1. The molecular formula is C33H42FN3O5S. The highest BCUT2D eigenvalue weighted by Gasteiger charge is 2.38. The molecule has 0 unspecified atom stereocenters. The number of methoxy groups -OCH3 is 1. The molecule has 0 aliphatic carbocycles. The van der Waals surface area contributed by atoms with E-state index in [1.807, 2.05) is 58.2 Å². The van der Waals surface area contributed by atoms with Gasteiger partial charge in [0, 0.05) is 48.3 Å². The van der Waals surface area contributed by atoms with E-state index in [1.165, 1.54) is 0 Å². The minimum Gasteiger partial charge on any atom is -0.496 e. The maximum Gasteiger partial charge on any atom is 0.312 e. The number of piperidine rings is 1. The molecule has 10 heteroatoms. The average Bonchev–Trinajstić information content (AvgIpc) is 3.47. The lowest BCUT2D eigenvalue weighted by molar-refractivity contribution is -0.166. The molecule has 43 heavy (non-hydrogen) atoms. The number of esters is 1. The quantitative estimate of drug-likeness (QED) is 0.293. The zero-order chi connectivity index (χ0) is 30.7. The third-order valence-electron chi connectivity index (χ3n) is 7.86. The highest BCUT2D eigenvalue weighted by Crippen LogP contribution is 2.38. The molecule has 1 N–H and O–H groups in total. The average molecular weight is 612 g/mol. The van der Waals surface area contributed by atoms with E-state index in [0.717, 1.165) is 34.1 Å². The van der Waals surface area contributed by atoms with Gasteiger partial charge in [-0.05, 0) is 77.3 Å². The molecule has 8 nitrogen and oxygen atoms in total. The molecule has 0 saturated carbocycles. The number of halogens is 1. The minimum absolute atomic E-state index is 0.0754. The minimum atomic E-state index is -0.544. The summed E-state index contributed by atoms with van der Waals surface area (Å²) in [4.78, 5) is 20.1. The number of nitrogens with zero attached hydrogens (tertiary/aromatic N) is 2. The lowest BCUT2D eigenvalue weighted by atomic mass is 9.93. The Kier molecular flexibility index (Phi) is 9.58. The number of ether oxygens (including phenoxy) is 4. The molecule has 0 amide bonds. The number of para-hydroxylation sites is 1. The number of hydrogen-bond acceptors (Lipinski definition) is 9. The second-order valence-electron chi connectivity index (χ2n) is 12.1. The highest BCUT2D eigenvalue weighted by atomic mass is 32.1. The van der Waals surface area contributed by atoms with E-state index < -0.39 is 5.60 Å². The molecule has 2 atom stereocenters. The largest absolute Gasteiger partial charge is 0.496 e. The topological polar surface area (TPSA) is 82.2 Å². The Balaban J connectivity index is 1.34. The summed E-state index contributed by atoms with van der Waals surface area (Å²) in [6, 6.07) is 7.68. The molecule has 1 saturated heterocycles. The second kappa shape index (κ2) is 13.2. The molecule has 0 bridgehead atoms. The monoisotopic (exact) mass is 611 g/mol. The van der Waals surface area contributed by atoms with Gasteiger partial charge in [0.2, 0.25) is 0 Å². The van der Waals surface area contributed by atoms with Crippen molar-refractivity contribution >= 4 is 22.4 Å². The molecule has 1 aromatic heterocycles. The molecule has 2 aromatic carbocycles. The van der Waals surface area contributed by atoms with E-state index in [4.69, 9.17) is 23.9 Å². The summed E-state index contributed by atoms with van der Waals surface area (Å²) in [5.74, 6) is 0.606. The fourth-order valence-electron chi connectivity index (χ4n) is 5.80. The Bertz CT molecular complexity index is 1450. The Morgan fingerprint density at radius 3 is 2.81 bits per heavy atom. The number of carbonyl (C=O) groups excluding carboxylic acids is 1. The zero-order valence-corrected chi connectivity index (χ0v) is 26.7. The Morgan fingerprint density at radius 1 is 1.26 bits per heavy atom. The van der Waals surface area contributed by atoms with Gasteiger partial charge in [0.15, 0.2) is 5.13 Å². The number of hydrogen-bond donors (Lipinski definition) is 1. The van der Waals surface area contributed by atoms with Crippen molar-refractivity contribution in [2.45, 2.75) is 72.3 Å². The number of anilines is 1. The van der Waals surface area contributed by atoms with Crippen molar-refractivity contribution in [3.05, 3.63) is 57.7 Å². The number of fused-ring (bicyclic) bond motifs is 1.